The summed E-state index contributed by atoms with van der Waals surface area (Å²) >= 11 is 0. The fraction of sp³-hybridized carbons (Fsp3) is 0.429. The van der Waals surface area contributed by atoms with Gasteiger partial charge in [-0.1, -0.05) is 60.7 Å². The van der Waals surface area contributed by atoms with Gasteiger partial charge in [-0.05, 0) is 37.8 Å². The highest BCUT2D eigenvalue weighted by molar-refractivity contribution is 5.96. The number of hydrogen-bond donors (Lipinski definition) is 1. The molecule has 2 N–H and O–H groups in total. The average Bonchev–Trinajstić information content (AvgIpc) is 3.11. The van der Waals surface area contributed by atoms with E-state index in [4.69, 9.17) is 10.7 Å². The van der Waals surface area contributed by atoms with Crippen LogP contribution in [-0.2, 0) is 9.59 Å². The molecule has 0 spiro atoms. The smallest absolute Gasteiger partial charge is 0.254 e. The number of rotatable bonds is 6. The second-order valence-electron chi connectivity index (χ2n) is 12.1. The Labute approximate surface area is 259 Å². The maximum atomic E-state index is 13.8. The lowest BCUT2D eigenvalue weighted by atomic mass is 9.93. The number of hydrogen-bond acceptors (Lipinski definition) is 6. The van der Waals surface area contributed by atoms with E-state index in [0.717, 1.165) is 74.4 Å². The number of carbonyl (C=O) groups is 3. The third-order valence-electron chi connectivity index (χ3n) is 9.48. The molecule has 0 bridgehead atoms. The van der Waals surface area contributed by atoms with Crippen LogP contribution in [0, 0.1) is 5.92 Å². The van der Waals surface area contributed by atoms with Gasteiger partial charge in [0.25, 0.3) is 5.91 Å². The lowest BCUT2D eigenvalue weighted by Gasteiger charge is -2.43. The fourth-order valence-corrected chi connectivity index (χ4v) is 6.85. The Balaban J connectivity index is 1.04. The molecule has 3 aliphatic heterocycles. The molecule has 3 amide bonds. The van der Waals surface area contributed by atoms with Crippen molar-refractivity contribution in [1.82, 2.24) is 24.6 Å². The minimum Gasteiger partial charge on any atom is -0.342 e. The highest BCUT2D eigenvalue weighted by atomic mass is 16.2. The van der Waals surface area contributed by atoms with Crippen molar-refractivity contribution >= 4 is 17.7 Å². The number of nitrogens with two attached hydrogens (primary N) is 1. The van der Waals surface area contributed by atoms with Crippen molar-refractivity contribution < 1.29 is 14.4 Å². The van der Waals surface area contributed by atoms with Crippen LogP contribution in [0.4, 0.5) is 0 Å². The summed E-state index contributed by atoms with van der Waals surface area (Å²) < 4.78 is 0. The summed E-state index contributed by atoms with van der Waals surface area (Å²) in [6, 6.07) is 24.3. The Morgan fingerprint density at radius 2 is 1.18 bits per heavy atom. The SMILES string of the molecule is NCC(=O)N1CCC(C(=O)N2CCC(N3CCN(C(=O)c4cc(-c5ccccc5)nc(-c5ccccc5)c4)CC3)CC2)CC1. The first-order valence-corrected chi connectivity index (χ1v) is 15.9. The van der Waals surface area contributed by atoms with Crippen molar-refractivity contribution in [3.63, 3.8) is 0 Å². The Kier molecular flexibility index (Phi) is 9.33. The summed E-state index contributed by atoms with van der Waals surface area (Å²) in [7, 11) is 0. The molecule has 0 aliphatic carbocycles. The van der Waals surface area contributed by atoms with Gasteiger partial charge in [0.15, 0.2) is 0 Å². The van der Waals surface area contributed by atoms with Crippen molar-refractivity contribution in [2.45, 2.75) is 31.7 Å². The van der Waals surface area contributed by atoms with Crippen LogP contribution < -0.4 is 5.73 Å². The number of amides is 3. The molecule has 3 fully saturated rings. The largest absolute Gasteiger partial charge is 0.342 e. The molecule has 0 saturated carbocycles. The zero-order valence-electron chi connectivity index (χ0n) is 25.3. The third-order valence-corrected chi connectivity index (χ3v) is 9.48. The zero-order chi connectivity index (χ0) is 30.5. The van der Waals surface area contributed by atoms with E-state index < -0.39 is 0 Å². The van der Waals surface area contributed by atoms with Gasteiger partial charge in [-0.15, -0.1) is 0 Å². The van der Waals surface area contributed by atoms with Gasteiger partial charge in [-0.25, -0.2) is 4.98 Å². The van der Waals surface area contributed by atoms with Gasteiger partial charge < -0.3 is 20.4 Å². The van der Waals surface area contributed by atoms with Crippen molar-refractivity contribution in [1.29, 1.82) is 0 Å². The molecular weight excluding hydrogens is 552 g/mol. The van der Waals surface area contributed by atoms with Crippen LogP contribution in [0.3, 0.4) is 0 Å². The molecule has 0 radical (unpaired) electrons. The molecule has 9 heteroatoms. The summed E-state index contributed by atoms with van der Waals surface area (Å²) in [5, 5.41) is 0. The monoisotopic (exact) mass is 594 g/mol. The lowest BCUT2D eigenvalue weighted by Crippen LogP contribution is -2.55. The lowest BCUT2D eigenvalue weighted by molar-refractivity contribution is -0.141. The first-order valence-electron chi connectivity index (χ1n) is 15.9. The minimum absolute atomic E-state index is 0.000863. The first-order chi connectivity index (χ1) is 21.5. The molecule has 2 aromatic carbocycles. The number of aromatic nitrogens is 1. The predicted molar refractivity (Wildman–Crippen MR) is 171 cm³/mol. The fourth-order valence-electron chi connectivity index (χ4n) is 6.85. The molecule has 1 aromatic heterocycles. The minimum atomic E-state index is -0.0341. The van der Waals surface area contributed by atoms with Gasteiger partial charge in [0.05, 0.1) is 17.9 Å². The van der Waals surface area contributed by atoms with E-state index in [1.54, 1.807) is 4.90 Å². The van der Waals surface area contributed by atoms with Gasteiger partial charge in [-0.2, -0.15) is 0 Å². The van der Waals surface area contributed by atoms with Gasteiger partial charge in [-0.3, -0.25) is 19.3 Å². The summed E-state index contributed by atoms with van der Waals surface area (Å²) in [4.78, 5) is 52.1. The first kappa shape index (κ1) is 30.0. The van der Waals surface area contributed by atoms with Gasteiger partial charge in [0.1, 0.15) is 0 Å². The van der Waals surface area contributed by atoms with Gasteiger partial charge >= 0.3 is 0 Å². The highest BCUT2D eigenvalue weighted by Gasteiger charge is 2.34. The van der Waals surface area contributed by atoms with Crippen LogP contribution in [0.25, 0.3) is 22.5 Å². The third kappa shape index (κ3) is 6.69. The van der Waals surface area contributed by atoms with Crippen molar-refractivity contribution in [3.05, 3.63) is 78.4 Å². The normalized spacial score (nSPS) is 18.8. The molecule has 4 heterocycles. The highest BCUT2D eigenvalue weighted by Crippen LogP contribution is 2.27. The maximum Gasteiger partial charge on any atom is 0.254 e. The molecule has 3 aromatic rings. The van der Waals surface area contributed by atoms with Crippen LogP contribution in [-0.4, -0.2) is 107 Å². The quantitative estimate of drug-likeness (QED) is 0.470. The summed E-state index contributed by atoms with van der Waals surface area (Å²) in [5.41, 5.74) is 9.73. The average molecular weight is 595 g/mol. The molecule has 6 rings (SSSR count). The van der Waals surface area contributed by atoms with Crippen molar-refractivity contribution in [2.75, 3.05) is 58.9 Å². The number of pyridine rings is 1. The Hall–Kier alpha value is -4.08. The summed E-state index contributed by atoms with van der Waals surface area (Å²) in [6.07, 6.45) is 3.35. The zero-order valence-corrected chi connectivity index (χ0v) is 25.3. The van der Waals surface area contributed by atoms with E-state index in [0.29, 0.717) is 37.8 Å². The maximum absolute atomic E-state index is 13.8. The molecule has 3 saturated heterocycles. The second-order valence-corrected chi connectivity index (χ2v) is 12.1. The number of benzene rings is 2. The van der Waals surface area contributed by atoms with E-state index in [2.05, 4.69) is 4.90 Å². The van der Waals surface area contributed by atoms with Crippen LogP contribution in [0.5, 0.6) is 0 Å². The standard InChI is InChI=1S/C35H42N6O3/c36-25-33(42)39-15-11-28(12-16-39)34(43)40-17-13-30(14-18-40)38-19-21-41(22-20-38)35(44)29-23-31(26-7-3-1-4-8-26)37-32(24-29)27-9-5-2-6-10-27/h1-10,23-24,28,30H,11-22,25,36H2. The molecular formula is C35H42N6O3. The number of piperazine rings is 1. The van der Waals surface area contributed by atoms with Crippen LogP contribution in [0.15, 0.2) is 72.8 Å². The Bertz CT molecular complexity index is 1380. The molecule has 230 valence electrons. The molecule has 3 aliphatic rings. The molecule has 44 heavy (non-hydrogen) atoms. The number of carbonyl (C=O) groups excluding carboxylic acids is 3. The van der Waals surface area contributed by atoms with Gasteiger partial charge in [0.2, 0.25) is 11.8 Å². The van der Waals surface area contributed by atoms with E-state index in [9.17, 15) is 14.4 Å². The Morgan fingerprint density at radius 3 is 1.70 bits per heavy atom. The van der Waals surface area contributed by atoms with Gasteiger partial charge in [0, 0.05) is 81.0 Å². The predicted octanol–water partition coefficient (Wildman–Crippen LogP) is 3.36. The van der Waals surface area contributed by atoms with Crippen LogP contribution in [0.2, 0.25) is 0 Å². The molecule has 0 atom stereocenters. The van der Waals surface area contributed by atoms with Crippen LogP contribution in [0.1, 0.15) is 36.0 Å². The topological polar surface area (TPSA) is 103 Å². The van der Waals surface area contributed by atoms with E-state index >= 15 is 0 Å². The summed E-state index contributed by atoms with van der Waals surface area (Å²) in [5.74, 6) is 0.246. The molecule has 0 unspecified atom stereocenters. The second kappa shape index (κ2) is 13.7. The summed E-state index contributed by atoms with van der Waals surface area (Å²) in [6.45, 7) is 5.84. The van der Waals surface area contributed by atoms with E-state index in [1.165, 1.54) is 0 Å². The number of piperidine rings is 2. The number of nitrogens with zero attached hydrogens (tertiary/aromatic N) is 5. The Morgan fingerprint density at radius 1 is 0.659 bits per heavy atom. The van der Waals surface area contributed by atoms with Crippen molar-refractivity contribution in [2.24, 2.45) is 11.7 Å². The van der Waals surface area contributed by atoms with Crippen LogP contribution >= 0.6 is 0 Å². The number of likely N-dealkylation sites (tertiary alicyclic amines) is 2. The van der Waals surface area contributed by atoms with E-state index in [1.807, 2.05) is 82.6 Å². The van der Waals surface area contributed by atoms with Crippen molar-refractivity contribution in [3.8, 4) is 22.5 Å². The van der Waals surface area contributed by atoms with E-state index in [-0.39, 0.29) is 30.2 Å². The molecule has 9 nitrogen and oxygen atoms in total.